The summed E-state index contributed by atoms with van der Waals surface area (Å²) in [5.74, 6) is 0.814. The third kappa shape index (κ3) is 36.1. The van der Waals surface area contributed by atoms with Crippen molar-refractivity contribution in [1.82, 2.24) is 0 Å². The zero-order chi connectivity index (χ0) is 16.1. The maximum atomic E-state index is 8.59. The largest absolute Gasteiger partial charge is 0.396 e. The highest BCUT2D eigenvalue weighted by Crippen LogP contribution is 2.14. The highest BCUT2D eigenvalue weighted by molar-refractivity contribution is 4.53. The Balaban J connectivity index is -0.000000266. The average molecular weight is 293 g/mol. The summed E-state index contributed by atoms with van der Waals surface area (Å²) in [5.41, 5.74) is 0. The van der Waals surface area contributed by atoms with Crippen molar-refractivity contribution in [3.05, 3.63) is 0 Å². The van der Waals surface area contributed by atoms with Crippen LogP contribution in [0.15, 0.2) is 0 Å². The summed E-state index contributed by atoms with van der Waals surface area (Å²) in [6.45, 7) is 10.1. The van der Waals surface area contributed by atoms with E-state index in [-0.39, 0.29) is 0 Å². The molecule has 0 saturated carbocycles. The molecule has 0 rings (SSSR count). The maximum absolute atomic E-state index is 8.59. The Morgan fingerprint density at radius 1 is 0.800 bits per heavy atom. The van der Waals surface area contributed by atoms with E-state index in [1.54, 1.807) is 7.11 Å². The Labute approximate surface area is 127 Å². The quantitative estimate of drug-likeness (QED) is 0.586. The van der Waals surface area contributed by atoms with Gasteiger partial charge < -0.3 is 14.9 Å². The van der Waals surface area contributed by atoms with Crippen molar-refractivity contribution in [1.29, 1.82) is 0 Å². The zero-order valence-corrected chi connectivity index (χ0v) is 14.7. The first kappa shape index (κ1) is 24.9. The smallest absolute Gasteiger partial charge is 0.0459 e. The molecule has 1 atom stereocenters. The summed E-state index contributed by atoms with van der Waals surface area (Å²) < 4.78 is 4.69. The molecular formula is C17H40O3. The molecule has 20 heavy (non-hydrogen) atoms. The van der Waals surface area contributed by atoms with Crippen LogP contribution in [0.1, 0.15) is 79.1 Å². The SMILES string of the molecule is CCCCCC(C)CCCO.CCCO.CCCOC. The molecule has 2 N–H and O–H groups in total. The lowest BCUT2D eigenvalue weighted by molar-refractivity contribution is 0.199. The summed E-state index contributed by atoms with van der Waals surface area (Å²) in [6, 6.07) is 0. The second-order valence-corrected chi connectivity index (χ2v) is 5.18. The molecule has 3 heteroatoms. The van der Waals surface area contributed by atoms with E-state index in [9.17, 15) is 0 Å². The fourth-order valence-corrected chi connectivity index (χ4v) is 1.53. The molecule has 0 aliphatic carbocycles. The predicted octanol–water partition coefficient (Wildman–Crippen LogP) is 4.41. The van der Waals surface area contributed by atoms with Crippen LogP contribution >= 0.6 is 0 Å². The minimum absolute atomic E-state index is 0.319. The summed E-state index contributed by atoms with van der Waals surface area (Å²) in [7, 11) is 1.71. The summed E-state index contributed by atoms with van der Waals surface area (Å²) in [6.07, 6.45) is 9.55. The maximum Gasteiger partial charge on any atom is 0.0459 e. The minimum atomic E-state index is 0.319. The molecule has 0 amide bonds. The van der Waals surface area contributed by atoms with Gasteiger partial charge in [-0.15, -0.1) is 0 Å². The van der Waals surface area contributed by atoms with Gasteiger partial charge in [-0.05, 0) is 31.6 Å². The molecule has 0 saturated heterocycles. The molecule has 0 aromatic carbocycles. The molecule has 0 bridgehead atoms. The highest BCUT2D eigenvalue weighted by atomic mass is 16.5. The van der Waals surface area contributed by atoms with Crippen molar-refractivity contribution in [2.45, 2.75) is 79.1 Å². The van der Waals surface area contributed by atoms with Crippen LogP contribution in [-0.4, -0.2) is 37.1 Å². The number of aliphatic hydroxyl groups is 2. The van der Waals surface area contributed by atoms with Gasteiger partial charge in [0.25, 0.3) is 0 Å². The molecular weight excluding hydrogens is 252 g/mol. The van der Waals surface area contributed by atoms with E-state index in [0.29, 0.717) is 13.2 Å². The average Bonchev–Trinajstić information content (AvgIpc) is 2.47. The first-order valence-electron chi connectivity index (χ1n) is 8.34. The van der Waals surface area contributed by atoms with Crippen LogP contribution in [0, 0.1) is 5.92 Å². The lowest BCUT2D eigenvalue weighted by Crippen LogP contribution is -1.96. The number of unbranched alkanes of at least 4 members (excludes halogenated alkanes) is 2. The van der Waals surface area contributed by atoms with Crippen LogP contribution in [0.2, 0.25) is 0 Å². The minimum Gasteiger partial charge on any atom is -0.396 e. The Bertz CT molecular complexity index is 125. The van der Waals surface area contributed by atoms with Crippen LogP contribution in [-0.2, 0) is 4.74 Å². The molecule has 0 aromatic heterocycles. The van der Waals surface area contributed by atoms with E-state index in [1.807, 2.05) is 6.92 Å². The van der Waals surface area contributed by atoms with Crippen molar-refractivity contribution >= 4 is 0 Å². The van der Waals surface area contributed by atoms with E-state index >= 15 is 0 Å². The van der Waals surface area contributed by atoms with Gasteiger partial charge in [-0.2, -0.15) is 0 Å². The number of methoxy groups -OCH3 is 1. The van der Waals surface area contributed by atoms with Gasteiger partial charge in [-0.25, -0.2) is 0 Å². The summed E-state index contributed by atoms with van der Waals surface area (Å²) in [5, 5.41) is 16.5. The van der Waals surface area contributed by atoms with E-state index in [1.165, 1.54) is 32.1 Å². The second kappa shape index (κ2) is 27.3. The number of hydrogen-bond acceptors (Lipinski definition) is 3. The normalized spacial score (nSPS) is 10.9. The zero-order valence-electron chi connectivity index (χ0n) is 14.7. The molecule has 3 nitrogen and oxygen atoms in total. The summed E-state index contributed by atoms with van der Waals surface area (Å²) >= 11 is 0. The van der Waals surface area contributed by atoms with Crippen LogP contribution in [0.25, 0.3) is 0 Å². The summed E-state index contributed by atoms with van der Waals surface area (Å²) in [4.78, 5) is 0. The fraction of sp³-hybridized carbons (Fsp3) is 1.00. The first-order chi connectivity index (χ1) is 9.64. The molecule has 0 aliphatic heterocycles. The second-order valence-electron chi connectivity index (χ2n) is 5.18. The standard InChI is InChI=1S/C10H22O.C4H10O.C3H8O/c1-3-4-5-7-10(2)8-6-9-11;1-3-4-5-2;1-2-3-4/h10-11H,3-9H2,1-2H3;3-4H2,1-2H3;4H,2-3H2,1H3. The van der Waals surface area contributed by atoms with Gasteiger partial charge in [-0.1, -0.05) is 53.4 Å². The number of hydrogen-bond donors (Lipinski definition) is 2. The Hall–Kier alpha value is -0.120. The monoisotopic (exact) mass is 292 g/mol. The van der Waals surface area contributed by atoms with Crippen molar-refractivity contribution < 1.29 is 14.9 Å². The van der Waals surface area contributed by atoms with Gasteiger partial charge in [0.05, 0.1) is 0 Å². The topological polar surface area (TPSA) is 49.7 Å². The first-order valence-corrected chi connectivity index (χ1v) is 8.34. The lowest BCUT2D eigenvalue weighted by atomic mass is 9.99. The molecule has 0 heterocycles. The van der Waals surface area contributed by atoms with Crippen LogP contribution < -0.4 is 0 Å². The Kier molecular flexibility index (Phi) is 33.9. The van der Waals surface area contributed by atoms with E-state index in [0.717, 1.165) is 31.8 Å². The van der Waals surface area contributed by atoms with Crippen molar-refractivity contribution in [3.63, 3.8) is 0 Å². The van der Waals surface area contributed by atoms with E-state index < -0.39 is 0 Å². The van der Waals surface area contributed by atoms with Crippen LogP contribution in [0.3, 0.4) is 0 Å². The molecule has 1 unspecified atom stereocenters. The van der Waals surface area contributed by atoms with Crippen molar-refractivity contribution in [3.8, 4) is 0 Å². The van der Waals surface area contributed by atoms with Gasteiger partial charge in [0, 0.05) is 26.9 Å². The van der Waals surface area contributed by atoms with Crippen molar-refractivity contribution in [2.24, 2.45) is 5.92 Å². The fourth-order valence-electron chi connectivity index (χ4n) is 1.53. The van der Waals surface area contributed by atoms with Crippen LogP contribution in [0.4, 0.5) is 0 Å². The number of rotatable bonds is 10. The molecule has 0 fully saturated rings. The van der Waals surface area contributed by atoms with Gasteiger partial charge in [0.2, 0.25) is 0 Å². The lowest BCUT2D eigenvalue weighted by Gasteiger charge is -2.08. The molecule has 0 spiro atoms. The predicted molar refractivity (Wildman–Crippen MR) is 89.2 cm³/mol. The van der Waals surface area contributed by atoms with Gasteiger partial charge in [-0.3, -0.25) is 0 Å². The molecule has 126 valence electrons. The Morgan fingerprint density at radius 3 is 1.65 bits per heavy atom. The van der Waals surface area contributed by atoms with Gasteiger partial charge in [0.15, 0.2) is 0 Å². The van der Waals surface area contributed by atoms with Crippen LogP contribution in [0.5, 0.6) is 0 Å². The van der Waals surface area contributed by atoms with Gasteiger partial charge in [0.1, 0.15) is 0 Å². The highest BCUT2D eigenvalue weighted by Gasteiger charge is 1.99. The van der Waals surface area contributed by atoms with E-state index in [4.69, 9.17) is 14.9 Å². The molecule has 0 radical (unpaired) electrons. The molecule has 0 aliphatic rings. The Morgan fingerprint density at radius 2 is 1.35 bits per heavy atom. The number of aliphatic hydroxyl groups excluding tert-OH is 2. The molecule has 0 aromatic rings. The van der Waals surface area contributed by atoms with Crippen molar-refractivity contribution in [2.75, 3.05) is 26.9 Å². The third-order valence-corrected chi connectivity index (χ3v) is 2.79. The van der Waals surface area contributed by atoms with Gasteiger partial charge >= 0.3 is 0 Å². The van der Waals surface area contributed by atoms with E-state index in [2.05, 4.69) is 20.8 Å². The third-order valence-electron chi connectivity index (χ3n) is 2.79. The number of ether oxygens (including phenoxy) is 1.